The first-order valence-corrected chi connectivity index (χ1v) is 9.91. The van der Waals surface area contributed by atoms with Crippen LogP contribution in [0.3, 0.4) is 0 Å². The number of rotatable bonds is 5. The second-order valence-corrected chi connectivity index (χ2v) is 7.61. The molecule has 0 aliphatic rings. The van der Waals surface area contributed by atoms with Gasteiger partial charge in [0.05, 0.1) is 16.4 Å². The predicted octanol–water partition coefficient (Wildman–Crippen LogP) is 5.06. The number of hydrogen-bond acceptors (Lipinski definition) is 4. The van der Waals surface area contributed by atoms with E-state index in [1.165, 1.54) is 10.3 Å². The van der Waals surface area contributed by atoms with Crippen LogP contribution < -0.4 is 9.54 Å². The van der Waals surface area contributed by atoms with E-state index in [9.17, 15) is 0 Å². The van der Waals surface area contributed by atoms with E-state index in [2.05, 4.69) is 58.1 Å². The molecule has 0 radical (unpaired) electrons. The van der Waals surface area contributed by atoms with Crippen molar-refractivity contribution in [3.8, 4) is 5.75 Å². The van der Waals surface area contributed by atoms with E-state index in [-0.39, 0.29) is 0 Å². The van der Waals surface area contributed by atoms with E-state index < -0.39 is 0 Å². The van der Waals surface area contributed by atoms with Crippen molar-refractivity contribution in [2.24, 2.45) is 17.3 Å². The van der Waals surface area contributed by atoms with Gasteiger partial charge in [-0.15, -0.1) is 5.10 Å². The molecule has 0 bridgehead atoms. The molecule has 0 N–H and O–H groups in total. The number of para-hydroxylation sites is 1. The summed E-state index contributed by atoms with van der Waals surface area (Å²) in [6.07, 6.45) is 1.76. The number of benzene rings is 3. The van der Waals surface area contributed by atoms with Gasteiger partial charge >= 0.3 is 0 Å². The molecule has 4 rings (SSSR count). The number of hydrogen-bond donors (Lipinski definition) is 0. The van der Waals surface area contributed by atoms with Crippen LogP contribution in [-0.2, 0) is 13.7 Å². The van der Waals surface area contributed by atoms with Crippen molar-refractivity contribution in [2.75, 3.05) is 0 Å². The minimum atomic E-state index is 0.561. The molecule has 0 amide bonds. The highest BCUT2D eigenvalue weighted by Crippen LogP contribution is 2.16. The summed E-state index contributed by atoms with van der Waals surface area (Å²) in [6.45, 7) is 2.64. The molecule has 0 atom stereocenters. The molecule has 4 nitrogen and oxygen atoms in total. The fraction of sp³-hybridized carbons (Fsp3) is 0.130. The molecular formula is C23H21N3OS. The van der Waals surface area contributed by atoms with Crippen molar-refractivity contribution in [2.45, 2.75) is 13.5 Å². The maximum atomic E-state index is 5.84. The molecule has 0 aliphatic carbocycles. The zero-order valence-electron chi connectivity index (χ0n) is 15.9. The molecule has 0 fully saturated rings. The Morgan fingerprint density at radius 1 is 0.964 bits per heavy atom. The van der Waals surface area contributed by atoms with Crippen LogP contribution in [0.5, 0.6) is 5.75 Å². The normalized spacial score (nSPS) is 12.1. The molecule has 140 valence electrons. The predicted molar refractivity (Wildman–Crippen MR) is 116 cm³/mol. The monoisotopic (exact) mass is 387 g/mol. The molecule has 0 saturated heterocycles. The van der Waals surface area contributed by atoms with Crippen molar-refractivity contribution in [1.29, 1.82) is 0 Å². The molecule has 0 aliphatic heterocycles. The van der Waals surface area contributed by atoms with Crippen molar-refractivity contribution in [1.82, 2.24) is 4.57 Å². The summed E-state index contributed by atoms with van der Waals surface area (Å²) in [4.78, 5) is 0.871. The number of fused-ring (bicyclic) bond motifs is 1. The van der Waals surface area contributed by atoms with E-state index in [0.717, 1.165) is 27.2 Å². The van der Waals surface area contributed by atoms with E-state index in [1.54, 1.807) is 17.6 Å². The van der Waals surface area contributed by atoms with Crippen LogP contribution in [0.15, 0.2) is 83.0 Å². The second kappa shape index (κ2) is 8.23. The maximum Gasteiger partial charge on any atom is 0.211 e. The molecule has 0 spiro atoms. The number of thiazole rings is 1. The van der Waals surface area contributed by atoms with Crippen LogP contribution in [0.2, 0.25) is 0 Å². The summed E-state index contributed by atoms with van der Waals surface area (Å²) in [5.41, 5.74) is 4.56. The number of nitrogens with zero attached hydrogens (tertiary/aromatic N) is 3. The van der Waals surface area contributed by atoms with Gasteiger partial charge in [-0.1, -0.05) is 53.3 Å². The van der Waals surface area contributed by atoms with Gasteiger partial charge in [-0.3, -0.25) is 0 Å². The minimum Gasteiger partial charge on any atom is -0.489 e. The molecule has 1 aromatic heterocycles. The van der Waals surface area contributed by atoms with Crippen molar-refractivity contribution >= 4 is 27.8 Å². The number of ether oxygens (including phenoxy) is 1. The van der Waals surface area contributed by atoms with Crippen LogP contribution in [0.1, 0.15) is 16.7 Å². The van der Waals surface area contributed by atoms with Gasteiger partial charge in [0.2, 0.25) is 4.80 Å². The lowest BCUT2D eigenvalue weighted by atomic mass is 10.2. The van der Waals surface area contributed by atoms with Gasteiger partial charge in [-0.25, -0.2) is 0 Å². The van der Waals surface area contributed by atoms with Gasteiger partial charge in [-0.2, -0.15) is 5.10 Å². The third-order valence-electron chi connectivity index (χ3n) is 4.47. The second-order valence-electron chi connectivity index (χ2n) is 6.60. The lowest BCUT2D eigenvalue weighted by molar-refractivity contribution is 0.306. The van der Waals surface area contributed by atoms with Gasteiger partial charge in [0.15, 0.2) is 0 Å². The van der Waals surface area contributed by atoms with Gasteiger partial charge in [0, 0.05) is 7.05 Å². The van der Waals surface area contributed by atoms with Crippen molar-refractivity contribution in [3.63, 3.8) is 0 Å². The molecule has 1 heterocycles. The molecule has 4 aromatic rings. The molecule has 5 heteroatoms. The summed E-state index contributed by atoms with van der Waals surface area (Å²) in [7, 11) is 2.01. The SMILES string of the molecule is Cc1ccc(COc2ccc(/C=N/N=c3\sc4ccccc4n3C)cc2)cc1. The van der Waals surface area contributed by atoms with Gasteiger partial charge in [0.25, 0.3) is 0 Å². The highest BCUT2D eigenvalue weighted by atomic mass is 32.1. The summed E-state index contributed by atoms with van der Waals surface area (Å²) in [6, 6.07) is 24.5. The first-order valence-electron chi connectivity index (χ1n) is 9.09. The highest BCUT2D eigenvalue weighted by molar-refractivity contribution is 7.16. The lowest BCUT2D eigenvalue weighted by Gasteiger charge is -2.06. The van der Waals surface area contributed by atoms with E-state index in [0.29, 0.717) is 6.61 Å². The van der Waals surface area contributed by atoms with Crippen LogP contribution >= 0.6 is 11.3 Å². The largest absolute Gasteiger partial charge is 0.489 e. The molecule has 0 unspecified atom stereocenters. The minimum absolute atomic E-state index is 0.561. The Morgan fingerprint density at radius 3 is 2.46 bits per heavy atom. The third kappa shape index (κ3) is 4.21. The van der Waals surface area contributed by atoms with Gasteiger partial charge in [-0.05, 0) is 54.4 Å². The summed E-state index contributed by atoms with van der Waals surface area (Å²) in [5, 5.41) is 8.61. The van der Waals surface area contributed by atoms with Crippen molar-refractivity contribution < 1.29 is 4.74 Å². The van der Waals surface area contributed by atoms with Crippen LogP contribution in [0.4, 0.5) is 0 Å². The van der Waals surface area contributed by atoms with Crippen LogP contribution in [0, 0.1) is 6.92 Å². The Kier molecular flexibility index (Phi) is 5.35. The van der Waals surface area contributed by atoms with Crippen LogP contribution in [0.25, 0.3) is 10.2 Å². The number of aromatic nitrogens is 1. The Labute approximate surface area is 168 Å². The topological polar surface area (TPSA) is 38.9 Å². The summed E-state index contributed by atoms with van der Waals surface area (Å²) < 4.78 is 9.10. The van der Waals surface area contributed by atoms with E-state index in [1.807, 2.05) is 43.4 Å². The Balaban J connectivity index is 1.42. The molecular weight excluding hydrogens is 366 g/mol. The Hall–Kier alpha value is -3.18. The third-order valence-corrected chi connectivity index (χ3v) is 5.57. The smallest absolute Gasteiger partial charge is 0.211 e. The maximum absolute atomic E-state index is 5.84. The molecule has 28 heavy (non-hydrogen) atoms. The van der Waals surface area contributed by atoms with Gasteiger partial charge < -0.3 is 9.30 Å². The average Bonchev–Trinajstić information content (AvgIpc) is 3.04. The fourth-order valence-corrected chi connectivity index (χ4v) is 3.80. The van der Waals surface area contributed by atoms with Crippen LogP contribution in [-0.4, -0.2) is 10.8 Å². The zero-order valence-corrected chi connectivity index (χ0v) is 16.7. The van der Waals surface area contributed by atoms with Gasteiger partial charge in [0.1, 0.15) is 12.4 Å². The molecule has 0 saturated carbocycles. The van der Waals surface area contributed by atoms with E-state index in [4.69, 9.17) is 4.74 Å². The fourth-order valence-electron chi connectivity index (χ4n) is 2.82. The first kappa shape index (κ1) is 18.2. The Bertz CT molecular complexity index is 1170. The Morgan fingerprint density at radius 2 is 1.71 bits per heavy atom. The summed E-state index contributed by atoms with van der Waals surface area (Å²) in [5.74, 6) is 0.838. The highest BCUT2D eigenvalue weighted by Gasteiger charge is 2.00. The average molecular weight is 388 g/mol. The zero-order chi connectivity index (χ0) is 19.3. The number of aryl methyl sites for hydroxylation is 2. The standard InChI is InChI=1S/C23H21N3OS/c1-17-7-9-19(10-8-17)16-27-20-13-11-18(12-14-20)15-24-25-23-26(2)21-5-3-4-6-22(21)28-23/h3-15H,16H2,1-2H3/b24-15+,25-23-. The van der Waals surface area contributed by atoms with E-state index >= 15 is 0 Å². The first-order chi connectivity index (χ1) is 13.7. The van der Waals surface area contributed by atoms with Crippen molar-refractivity contribution in [3.05, 3.63) is 94.3 Å². The summed E-state index contributed by atoms with van der Waals surface area (Å²) >= 11 is 1.63. The lowest BCUT2D eigenvalue weighted by Crippen LogP contribution is -2.08. The molecule has 3 aromatic carbocycles. The quantitative estimate of drug-likeness (QED) is 0.348.